The van der Waals surface area contributed by atoms with E-state index in [1.807, 2.05) is 13.8 Å². The zero-order valence-corrected chi connectivity index (χ0v) is 12.7. The van der Waals surface area contributed by atoms with Crippen LogP contribution in [0.4, 0.5) is 0 Å². The predicted octanol–water partition coefficient (Wildman–Crippen LogP) is 1.65. The molecule has 0 amide bonds. The lowest BCUT2D eigenvalue weighted by atomic mass is 9.50. The van der Waals surface area contributed by atoms with Crippen LogP contribution >= 0.6 is 0 Å². The van der Waals surface area contributed by atoms with Gasteiger partial charge in [0.05, 0.1) is 24.7 Å². The number of Topliss-reactive ketones (excluding diaryl/α,β-unsaturated/α-hetero) is 1. The number of nitriles is 1. The Morgan fingerprint density at radius 1 is 1.33 bits per heavy atom. The molecule has 1 saturated heterocycles. The Bertz CT molecular complexity index is 493. The Morgan fingerprint density at radius 3 is 2.57 bits per heavy atom. The number of hydrogen-bond acceptors (Lipinski definition) is 5. The number of hydrogen-bond donors (Lipinski definition) is 1. The van der Waals surface area contributed by atoms with E-state index in [9.17, 15) is 15.2 Å². The molecule has 3 rings (SSSR count). The van der Waals surface area contributed by atoms with Gasteiger partial charge in [-0.25, -0.2) is 0 Å². The third-order valence-electron chi connectivity index (χ3n) is 6.30. The molecule has 0 aromatic carbocycles. The Labute approximate surface area is 125 Å². The minimum atomic E-state index is -0.815. The number of aliphatic hydroxyl groups excluding tert-OH is 1. The summed E-state index contributed by atoms with van der Waals surface area (Å²) in [6.07, 6.45) is 2.96. The van der Waals surface area contributed by atoms with Gasteiger partial charge in [-0.15, -0.1) is 0 Å². The molecule has 3 aliphatic rings. The predicted molar refractivity (Wildman–Crippen MR) is 74.0 cm³/mol. The lowest BCUT2D eigenvalue weighted by molar-refractivity contribution is -0.233. The van der Waals surface area contributed by atoms with Gasteiger partial charge in [0.1, 0.15) is 6.61 Å². The van der Waals surface area contributed by atoms with Crippen molar-refractivity contribution < 1.29 is 19.4 Å². The van der Waals surface area contributed by atoms with Gasteiger partial charge >= 0.3 is 0 Å². The van der Waals surface area contributed by atoms with Crippen LogP contribution in [0.5, 0.6) is 0 Å². The maximum absolute atomic E-state index is 12.6. The van der Waals surface area contributed by atoms with Crippen molar-refractivity contribution in [2.45, 2.75) is 45.3 Å². The van der Waals surface area contributed by atoms with Crippen molar-refractivity contribution in [1.29, 1.82) is 5.26 Å². The van der Waals surface area contributed by atoms with Crippen LogP contribution in [0.2, 0.25) is 0 Å². The molecule has 3 fully saturated rings. The highest BCUT2D eigenvalue weighted by Gasteiger charge is 2.70. The van der Waals surface area contributed by atoms with Gasteiger partial charge in [-0.3, -0.25) is 4.79 Å². The summed E-state index contributed by atoms with van der Waals surface area (Å²) in [5.74, 6) is -1.20. The first-order valence-electron chi connectivity index (χ1n) is 7.78. The second-order valence-electron chi connectivity index (χ2n) is 7.01. The smallest absolute Gasteiger partial charge is 0.173 e. The minimum absolute atomic E-state index is 0.103. The number of rotatable bonds is 2. The fraction of sp³-hybridized carbons (Fsp3) is 0.875. The van der Waals surface area contributed by atoms with E-state index in [0.29, 0.717) is 26.1 Å². The number of carbonyl (C=O) groups is 1. The Morgan fingerprint density at radius 2 is 2.00 bits per heavy atom. The molecule has 0 aromatic rings. The SMILES string of the molecule is C[C@@H]1CC[C@@]2(C#N)CCC3(OCCO3)[C@@H]2[C@]1(C)C(=O)CO. The van der Waals surface area contributed by atoms with Crippen LogP contribution in [-0.4, -0.2) is 36.5 Å². The molecule has 0 radical (unpaired) electrons. The van der Waals surface area contributed by atoms with Gasteiger partial charge < -0.3 is 14.6 Å². The average Bonchev–Trinajstić information content (AvgIpc) is 3.10. The monoisotopic (exact) mass is 293 g/mol. The fourth-order valence-corrected chi connectivity index (χ4v) is 5.03. The van der Waals surface area contributed by atoms with Crippen LogP contribution in [-0.2, 0) is 14.3 Å². The van der Waals surface area contributed by atoms with Gasteiger partial charge in [0, 0.05) is 17.8 Å². The van der Waals surface area contributed by atoms with Crippen LogP contribution in [0.25, 0.3) is 0 Å². The topological polar surface area (TPSA) is 79.5 Å². The van der Waals surface area contributed by atoms with Crippen molar-refractivity contribution in [1.82, 2.24) is 0 Å². The van der Waals surface area contributed by atoms with E-state index in [1.54, 1.807) is 0 Å². The third kappa shape index (κ3) is 1.76. The fourth-order valence-electron chi connectivity index (χ4n) is 5.03. The van der Waals surface area contributed by atoms with Crippen molar-refractivity contribution >= 4 is 5.78 Å². The van der Waals surface area contributed by atoms with Crippen LogP contribution < -0.4 is 0 Å². The summed E-state index contributed by atoms with van der Waals surface area (Å²) >= 11 is 0. The summed E-state index contributed by atoms with van der Waals surface area (Å²) in [5.41, 5.74) is -1.35. The molecule has 2 aliphatic carbocycles. The molecule has 4 atom stereocenters. The van der Waals surface area contributed by atoms with Gasteiger partial charge in [-0.05, 0) is 25.2 Å². The molecular formula is C16H23NO4. The normalized spacial score (nSPS) is 44.5. The first kappa shape index (κ1) is 15.0. The molecule has 5 nitrogen and oxygen atoms in total. The zero-order valence-electron chi connectivity index (χ0n) is 12.7. The Balaban J connectivity index is 2.13. The van der Waals surface area contributed by atoms with Crippen molar-refractivity contribution in [3.8, 4) is 6.07 Å². The van der Waals surface area contributed by atoms with Gasteiger partial charge in [0.25, 0.3) is 0 Å². The molecule has 2 saturated carbocycles. The van der Waals surface area contributed by atoms with Crippen LogP contribution in [0, 0.1) is 34.0 Å². The van der Waals surface area contributed by atoms with E-state index in [4.69, 9.17) is 9.47 Å². The standard InChI is InChI=1S/C16H23NO4/c1-11-3-4-15(10-17)5-6-16(20-7-8-21-16)13(15)14(11,2)12(19)9-18/h11,13,18H,3-9H2,1-2H3/t11-,13-,14+,15+/m1/s1. The summed E-state index contributed by atoms with van der Waals surface area (Å²) in [6, 6.07) is 2.49. The quantitative estimate of drug-likeness (QED) is 0.837. The zero-order chi connectivity index (χ0) is 15.3. The van der Waals surface area contributed by atoms with Crippen LogP contribution in [0.3, 0.4) is 0 Å². The van der Waals surface area contributed by atoms with Crippen molar-refractivity contribution in [2.75, 3.05) is 19.8 Å². The van der Waals surface area contributed by atoms with E-state index in [0.717, 1.165) is 12.8 Å². The van der Waals surface area contributed by atoms with E-state index in [1.165, 1.54) is 0 Å². The van der Waals surface area contributed by atoms with Gasteiger partial charge in [-0.1, -0.05) is 13.8 Å². The minimum Gasteiger partial charge on any atom is -0.389 e. The van der Waals surface area contributed by atoms with E-state index in [-0.39, 0.29) is 17.6 Å². The van der Waals surface area contributed by atoms with E-state index in [2.05, 4.69) is 6.07 Å². The van der Waals surface area contributed by atoms with Crippen molar-refractivity contribution in [3.05, 3.63) is 0 Å². The number of carbonyl (C=O) groups excluding carboxylic acids is 1. The molecule has 1 aliphatic heterocycles. The molecule has 5 heteroatoms. The largest absolute Gasteiger partial charge is 0.389 e. The number of ketones is 1. The first-order chi connectivity index (χ1) is 9.95. The number of fused-ring (bicyclic) bond motifs is 2. The maximum atomic E-state index is 12.6. The molecular weight excluding hydrogens is 270 g/mol. The molecule has 1 spiro atoms. The molecule has 0 unspecified atom stereocenters. The Kier molecular flexibility index (Phi) is 3.40. The van der Waals surface area contributed by atoms with Crippen molar-refractivity contribution in [2.24, 2.45) is 22.7 Å². The molecule has 0 bridgehead atoms. The van der Waals surface area contributed by atoms with Gasteiger partial charge in [0.15, 0.2) is 11.6 Å². The first-order valence-corrected chi connectivity index (χ1v) is 7.78. The van der Waals surface area contributed by atoms with Crippen LogP contribution in [0.1, 0.15) is 39.5 Å². The highest BCUT2D eigenvalue weighted by Crippen LogP contribution is 2.66. The lowest BCUT2D eigenvalue weighted by Crippen LogP contribution is -2.59. The molecule has 1 N–H and O–H groups in total. The summed E-state index contributed by atoms with van der Waals surface area (Å²) in [5, 5.41) is 19.3. The third-order valence-corrected chi connectivity index (χ3v) is 6.30. The number of aliphatic hydroxyl groups is 1. The average molecular weight is 293 g/mol. The lowest BCUT2D eigenvalue weighted by Gasteiger charge is -2.53. The maximum Gasteiger partial charge on any atom is 0.173 e. The molecule has 116 valence electrons. The van der Waals surface area contributed by atoms with Gasteiger partial charge in [0.2, 0.25) is 0 Å². The Hall–Kier alpha value is -0.960. The number of nitrogens with zero attached hydrogens (tertiary/aromatic N) is 1. The van der Waals surface area contributed by atoms with Gasteiger partial charge in [-0.2, -0.15) is 5.26 Å². The molecule has 1 heterocycles. The van der Waals surface area contributed by atoms with E-state index < -0.39 is 23.2 Å². The number of ether oxygens (including phenoxy) is 2. The second-order valence-corrected chi connectivity index (χ2v) is 7.01. The highest BCUT2D eigenvalue weighted by molar-refractivity contribution is 5.86. The van der Waals surface area contributed by atoms with Crippen molar-refractivity contribution in [3.63, 3.8) is 0 Å². The summed E-state index contributed by atoms with van der Waals surface area (Å²) in [4.78, 5) is 12.6. The summed E-state index contributed by atoms with van der Waals surface area (Å²) in [7, 11) is 0. The molecule has 21 heavy (non-hydrogen) atoms. The highest BCUT2D eigenvalue weighted by atomic mass is 16.7. The molecule has 0 aromatic heterocycles. The van der Waals surface area contributed by atoms with E-state index >= 15 is 0 Å². The second kappa shape index (κ2) is 4.77. The summed E-state index contributed by atoms with van der Waals surface area (Å²) in [6.45, 7) is 4.46. The van der Waals surface area contributed by atoms with Crippen LogP contribution in [0.15, 0.2) is 0 Å². The summed E-state index contributed by atoms with van der Waals surface area (Å²) < 4.78 is 11.9.